The van der Waals surface area contributed by atoms with E-state index in [1.807, 2.05) is 0 Å². The summed E-state index contributed by atoms with van der Waals surface area (Å²) in [6, 6.07) is 6.24. The maximum absolute atomic E-state index is 10.9. The predicted octanol–water partition coefficient (Wildman–Crippen LogP) is 2.11. The molecule has 21 heavy (non-hydrogen) atoms. The minimum Gasteiger partial charge on any atom is -0.506 e. The lowest BCUT2D eigenvalue weighted by molar-refractivity contribution is -0.384. The number of nitrogens with zero attached hydrogens (tertiary/aromatic N) is 2. The molecule has 7 nitrogen and oxygen atoms in total. The highest BCUT2D eigenvalue weighted by Crippen LogP contribution is 2.28. The van der Waals surface area contributed by atoms with Crippen LogP contribution in [0.15, 0.2) is 30.5 Å². The minimum atomic E-state index is -0.479. The van der Waals surface area contributed by atoms with E-state index in [2.05, 4.69) is 10.3 Å². The zero-order valence-electron chi connectivity index (χ0n) is 11.4. The number of anilines is 1. The standard InChI is InChI=1S/C14H15N3O4/c1-9-14(19)11(10(8-18)6-15-9)7-16-12-4-2-3-5-13(12)17(20)21/h2-6,16,18-19H,7-8H2,1H3. The molecule has 0 saturated carbocycles. The number of aliphatic hydroxyl groups excluding tert-OH is 1. The van der Waals surface area contributed by atoms with E-state index in [9.17, 15) is 20.3 Å². The van der Waals surface area contributed by atoms with Gasteiger partial charge in [0.2, 0.25) is 0 Å². The lowest BCUT2D eigenvalue weighted by atomic mass is 10.1. The van der Waals surface area contributed by atoms with Crippen molar-refractivity contribution < 1.29 is 15.1 Å². The number of aliphatic hydroxyl groups is 1. The van der Waals surface area contributed by atoms with Crippen molar-refractivity contribution in [1.29, 1.82) is 0 Å². The first-order valence-corrected chi connectivity index (χ1v) is 6.29. The van der Waals surface area contributed by atoms with E-state index in [1.54, 1.807) is 25.1 Å². The molecule has 3 N–H and O–H groups in total. The number of rotatable bonds is 5. The van der Waals surface area contributed by atoms with E-state index >= 15 is 0 Å². The molecule has 1 heterocycles. The quantitative estimate of drug-likeness (QED) is 0.574. The Balaban J connectivity index is 2.29. The Kier molecular flexibility index (Phi) is 4.34. The van der Waals surface area contributed by atoms with Crippen LogP contribution in [-0.2, 0) is 13.2 Å². The maximum Gasteiger partial charge on any atom is 0.292 e. The first kappa shape index (κ1) is 14.7. The van der Waals surface area contributed by atoms with Crippen LogP contribution in [0.5, 0.6) is 5.75 Å². The zero-order chi connectivity index (χ0) is 15.4. The van der Waals surface area contributed by atoms with Gasteiger partial charge < -0.3 is 15.5 Å². The Morgan fingerprint density at radius 1 is 1.38 bits per heavy atom. The van der Waals surface area contributed by atoms with Crippen LogP contribution < -0.4 is 5.32 Å². The number of aryl methyl sites for hydroxylation is 1. The Morgan fingerprint density at radius 2 is 2.10 bits per heavy atom. The summed E-state index contributed by atoms with van der Waals surface area (Å²) in [5.74, 6) is -0.0207. The largest absolute Gasteiger partial charge is 0.506 e. The summed E-state index contributed by atoms with van der Waals surface area (Å²) in [5, 5.41) is 33.2. The molecule has 0 radical (unpaired) electrons. The van der Waals surface area contributed by atoms with Gasteiger partial charge in [-0.05, 0) is 13.0 Å². The van der Waals surface area contributed by atoms with E-state index in [1.165, 1.54) is 12.3 Å². The van der Waals surface area contributed by atoms with Crippen LogP contribution in [0, 0.1) is 17.0 Å². The van der Waals surface area contributed by atoms with Crippen molar-refractivity contribution in [1.82, 2.24) is 4.98 Å². The van der Waals surface area contributed by atoms with Crippen LogP contribution in [0.3, 0.4) is 0 Å². The molecule has 0 aliphatic rings. The molecule has 0 bridgehead atoms. The van der Waals surface area contributed by atoms with Crippen molar-refractivity contribution in [3.8, 4) is 5.75 Å². The number of para-hydroxylation sites is 2. The number of benzene rings is 1. The van der Waals surface area contributed by atoms with Crippen molar-refractivity contribution in [2.24, 2.45) is 0 Å². The number of hydrogen-bond donors (Lipinski definition) is 3. The van der Waals surface area contributed by atoms with Crippen LogP contribution >= 0.6 is 0 Å². The minimum absolute atomic E-state index is 0.0207. The summed E-state index contributed by atoms with van der Waals surface area (Å²) in [4.78, 5) is 14.4. The van der Waals surface area contributed by atoms with Gasteiger partial charge in [-0.2, -0.15) is 0 Å². The molecule has 0 fully saturated rings. The molecule has 0 saturated heterocycles. The Labute approximate surface area is 121 Å². The average molecular weight is 289 g/mol. The second kappa shape index (κ2) is 6.19. The fraction of sp³-hybridized carbons (Fsp3) is 0.214. The summed E-state index contributed by atoms with van der Waals surface area (Å²) in [5.41, 5.74) is 1.69. The van der Waals surface area contributed by atoms with Gasteiger partial charge in [-0.1, -0.05) is 12.1 Å². The predicted molar refractivity (Wildman–Crippen MR) is 77.0 cm³/mol. The van der Waals surface area contributed by atoms with Crippen LogP contribution in [0.2, 0.25) is 0 Å². The van der Waals surface area contributed by atoms with Gasteiger partial charge in [0.05, 0.1) is 17.2 Å². The first-order chi connectivity index (χ1) is 10.0. The van der Waals surface area contributed by atoms with Crippen molar-refractivity contribution in [3.05, 3.63) is 57.4 Å². The van der Waals surface area contributed by atoms with Crippen molar-refractivity contribution in [3.63, 3.8) is 0 Å². The van der Waals surface area contributed by atoms with Gasteiger partial charge in [0.1, 0.15) is 11.4 Å². The Bertz CT molecular complexity index is 673. The summed E-state index contributed by atoms with van der Waals surface area (Å²) in [6.45, 7) is 1.52. The number of nitrogens with one attached hydrogen (secondary N) is 1. The smallest absolute Gasteiger partial charge is 0.292 e. The van der Waals surface area contributed by atoms with Gasteiger partial charge in [0.15, 0.2) is 0 Å². The third kappa shape index (κ3) is 3.09. The van der Waals surface area contributed by atoms with Crippen LogP contribution in [0.25, 0.3) is 0 Å². The molecule has 2 aromatic rings. The van der Waals surface area contributed by atoms with Crippen molar-refractivity contribution in [2.75, 3.05) is 5.32 Å². The van der Waals surface area contributed by atoms with Gasteiger partial charge in [-0.25, -0.2) is 0 Å². The molecule has 1 aromatic carbocycles. The van der Waals surface area contributed by atoms with Crippen molar-refractivity contribution >= 4 is 11.4 Å². The van der Waals surface area contributed by atoms with Crippen LogP contribution in [-0.4, -0.2) is 20.1 Å². The first-order valence-electron chi connectivity index (χ1n) is 6.29. The summed E-state index contributed by atoms with van der Waals surface area (Å²) in [6.07, 6.45) is 1.48. The lowest BCUT2D eigenvalue weighted by Gasteiger charge is -2.13. The highest BCUT2D eigenvalue weighted by molar-refractivity contribution is 5.61. The van der Waals surface area contributed by atoms with Gasteiger partial charge in [-0.15, -0.1) is 0 Å². The highest BCUT2D eigenvalue weighted by atomic mass is 16.6. The summed E-state index contributed by atoms with van der Waals surface area (Å²) in [7, 11) is 0. The van der Waals surface area contributed by atoms with Crippen molar-refractivity contribution in [2.45, 2.75) is 20.1 Å². The van der Waals surface area contributed by atoms with Crippen LogP contribution in [0.1, 0.15) is 16.8 Å². The number of pyridine rings is 1. The molecule has 0 aliphatic carbocycles. The van der Waals surface area contributed by atoms with E-state index in [0.29, 0.717) is 22.5 Å². The van der Waals surface area contributed by atoms with E-state index in [4.69, 9.17) is 0 Å². The second-order valence-electron chi connectivity index (χ2n) is 4.48. The zero-order valence-corrected chi connectivity index (χ0v) is 11.4. The number of nitro groups is 1. The molecular weight excluding hydrogens is 274 g/mol. The summed E-state index contributed by atoms with van der Waals surface area (Å²) >= 11 is 0. The Morgan fingerprint density at radius 3 is 2.76 bits per heavy atom. The SMILES string of the molecule is Cc1ncc(CO)c(CNc2ccccc2[N+](=O)[O-])c1O. The molecular formula is C14H15N3O4. The fourth-order valence-electron chi connectivity index (χ4n) is 1.98. The van der Waals surface area contributed by atoms with E-state index < -0.39 is 4.92 Å². The Hall–Kier alpha value is -2.67. The third-order valence-electron chi connectivity index (χ3n) is 3.16. The number of aromatic hydroxyl groups is 1. The van der Waals surface area contributed by atoms with Gasteiger partial charge >= 0.3 is 0 Å². The normalized spacial score (nSPS) is 10.4. The van der Waals surface area contributed by atoms with Gasteiger partial charge in [-0.3, -0.25) is 15.1 Å². The molecule has 110 valence electrons. The van der Waals surface area contributed by atoms with E-state index in [-0.39, 0.29) is 24.6 Å². The maximum atomic E-state index is 10.9. The molecule has 7 heteroatoms. The lowest BCUT2D eigenvalue weighted by Crippen LogP contribution is -2.07. The molecule has 0 aliphatic heterocycles. The number of aromatic nitrogens is 1. The number of nitro benzene ring substituents is 1. The molecule has 0 spiro atoms. The summed E-state index contributed by atoms with van der Waals surface area (Å²) < 4.78 is 0. The van der Waals surface area contributed by atoms with E-state index in [0.717, 1.165) is 0 Å². The molecule has 2 rings (SSSR count). The molecule has 0 atom stereocenters. The van der Waals surface area contributed by atoms with Crippen LogP contribution in [0.4, 0.5) is 11.4 Å². The molecule has 0 unspecified atom stereocenters. The average Bonchev–Trinajstić information content (AvgIpc) is 2.49. The third-order valence-corrected chi connectivity index (χ3v) is 3.16. The molecule has 1 aromatic heterocycles. The van der Waals surface area contributed by atoms with Gasteiger partial charge in [0.25, 0.3) is 5.69 Å². The molecule has 0 amide bonds. The fourth-order valence-corrected chi connectivity index (χ4v) is 1.98. The second-order valence-corrected chi connectivity index (χ2v) is 4.48. The topological polar surface area (TPSA) is 109 Å². The number of hydrogen-bond acceptors (Lipinski definition) is 6. The van der Waals surface area contributed by atoms with Gasteiger partial charge in [0, 0.05) is 29.9 Å². The monoisotopic (exact) mass is 289 g/mol. The highest BCUT2D eigenvalue weighted by Gasteiger charge is 2.15.